The molecule has 2 aromatic rings. The second kappa shape index (κ2) is 6.34. The van der Waals surface area contributed by atoms with Crippen LogP contribution in [0.15, 0.2) is 36.5 Å². The van der Waals surface area contributed by atoms with Gasteiger partial charge >= 0.3 is 0 Å². The molecule has 2 heterocycles. The molecule has 1 aromatic heterocycles. The van der Waals surface area contributed by atoms with Gasteiger partial charge in [-0.1, -0.05) is 0 Å². The van der Waals surface area contributed by atoms with E-state index >= 15 is 0 Å². The van der Waals surface area contributed by atoms with Crippen LogP contribution >= 0.6 is 0 Å². The second-order valence-corrected chi connectivity index (χ2v) is 5.80. The first kappa shape index (κ1) is 15.4. The molecule has 1 N–H and O–H groups in total. The molecule has 1 aliphatic rings. The highest BCUT2D eigenvalue weighted by Gasteiger charge is 2.20. The molecule has 0 spiro atoms. The molecule has 1 amide bonds. The van der Waals surface area contributed by atoms with Gasteiger partial charge in [-0.3, -0.25) is 9.69 Å². The minimum absolute atomic E-state index is 0.105. The van der Waals surface area contributed by atoms with Crippen molar-refractivity contribution in [1.29, 1.82) is 0 Å². The lowest BCUT2D eigenvalue weighted by molar-refractivity contribution is 0.0940. The van der Waals surface area contributed by atoms with Crippen LogP contribution in [0.1, 0.15) is 22.1 Å². The van der Waals surface area contributed by atoms with E-state index in [1.807, 2.05) is 33.4 Å². The van der Waals surface area contributed by atoms with Gasteiger partial charge < -0.3 is 19.4 Å². The largest absolute Gasteiger partial charge is 0.454 e. The highest BCUT2D eigenvalue weighted by atomic mass is 16.7. The Kier molecular flexibility index (Phi) is 4.25. The van der Waals surface area contributed by atoms with Crippen LogP contribution < -0.4 is 14.8 Å². The highest BCUT2D eigenvalue weighted by Crippen LogP contribution is 2.32. The van der Waals surface area contributed by atoms with E-state index in [1.54, 1.807) is 18.2 Å². The number of likely N-dealkylation sites (N-methyl/N-ethyl adjacent to an activating group) is 1. The van der Waals surface area contributed by atoms with Gasteiger partial charge in [0.15, 0.2) is 11.5 Å². The number of rotatable bonds is 5. The van der Waals surface area contributed by atoms with Crippen molar-refractivity contribution in [2.75, 3.05) is 27.4 Å². The number of hydrogen-bond acceptors (Lipinski definition) is 4. The van der Waals surface area contributed by atoms with Crippen molar-refractivity contribution < 1.29 is 14.3 Å². The van der Waals surface area contributed by atoms with Gasteiger partial charge in [0.05, 0.1) is 6.04 Å². The summed E-state index contributed by atoms with van der Waals surface area (Å²) in [5, 5.41) is 3.00. The van der Waals surface area contributed by atoms with Crippen molar-refractivity contribution in [3.8, 4) is 11.5 Å². The monoisotopic (exact) mass is 315 g/mol. The van der Waals surface area contributed by atoms with Gasteiger partial charge in [0.25, 0.3) is 5.91 Å². The number of nitrogens with zero attached hydrogens (tertiary/aromatic N) is 2. The van der Waals surface area contributed by atoms with Crippen LogP contribution in [-0.2, 0) is 7.05 Å². The molecule has 23 heavy (non-hydrogen) atoms. The first-order chi connectivity index (χ1) is 11.1. The van der Waals surface area contributed by atoms with Crippen molar-refractivity contribution in [2.45, 2.75) is 6.04 Å². The smallest absolute Gasteiger partial charge is 0.251 e. The van der Waals surface area contributed by atoms with Crippen LogP contribution in [0.2, 0.25) is 0 Å². The molecule has 0 unspecified atom stereocenters. The summed E-state index contributed by atoms with van der Waals surface area (Å²) >= 11 is 0. The van der Waals surface area contributed by atoms with Crippen molar-refractivity contribution in [3.63, 3.8) is 0 Å². The third kappa shape index (κ3) is 3.17. The topological polar surface area (TPSA) is 55.7 Å². The molecule has 0 bridgehead atoms. The van der Waals surface area contributed by atoms with Gasteiger partial charge in [-0.25, -0.2) is 0 Å². The van der Waals surface area contributed by atoms with Crippen LogP contribution in [0.5, 0.6) is 11.5 Å². The fourth-order valence-corrected chi connectivity index (χ4v) is 2.70. The van der Waals surface area contributed by atoms with E-state index in [2.05, 4.69) is 20.9 Å². The molecule has 6 heteroatoms. The van der Waals surface area contributed by atoms with Crippen molar-refractivity contribution >= 4 is 5.91 Å². The van der Waals surface area contributed by atoms with Crippen molar-refractivity contribution in [2.24, 2.45) is 7.05 Å². The van der Waals surface area contributed by atoms with Gasteiger partial charge in [-0.2, -0.15) is 0 Å². The van der Waals surface area contributed by atoms with Gasteiger partial charge in [0.1, 0.15) is 0 Å². The summed E-state index contributed by atoms with van der Waals surface area (Å²) in [7, 11) is 6.01. The molecule has 0 saturated heterocycles. The summed E-state index contributed by atoms with van der Waals surface area (Å²) < 4.78 is 12.6. The number of nitrogens with one attached hydrogen (secondary N) is 1. The Morgan fingerprint density at radius 2 is 2.09 bits per heavy atom. The summed E-state index contributed by atoms with van der Waals surface area (Å²) in [6.07, 6.45) is 2.01. The zero-order valence-corrected chi connectivity index (χ0v) is 13.6. The molecule has 1 aromatic carbocycles. The lowest BCUT2D eigenvalue weighted by atomic mass is 10.1. The van der Waals surface area contributed by atoms with Crippen LogP contribution in [0.4, 0.5) is 0 Å². The average Bonchev–Trinajstić information content (AvgIpc) is 3.15. The molecule has 0 aliphatic carbocycles. The number of aryl methyl sites for hydroxylation is 1. The quantitative estimate of drug-likeness (QED) is 0.914. The maximum atomic E-state index is 12.4. The Balaban J connectivity index is 1.69. The summed E-state index contributed by atoms with van der Waals surface area (Å²) in [4.78, 5) is 14.5. The molecule has 0 fully saturated rings. The first-order valence-corrected chi connectivity index (χ1v) is 7.52. The summed E-state index contributed by atoms with van der Waals surface area (Å²) in [6, 6.07) is 9.40. The van der Waals surface area contributed by atoms with E-state index in [0.717, 1.165) is 5.69 Å². The Bertz CT molecular complexity index is 709. The summed E-state index contributed by atoms with van der Waals surface area (Å²) in [6.45, 7) is 0.731. The predicted molar refractivity (Wildman–Crippen MR) is 86.7 cm³/mol. The maximum Gasteiger partial charge on any atom is 0.251 e. The van der Waals surface area contributed by atoms with Crippen LogP contribution in [0.3, 0.4) is 0 Å². The normalized spacial score (nSPS) is 14.1. The molecule has 1 aliphatic heterocycles. The minimum atomic E-state index is -0.121. The number of hydrogen-bond donors (Lipinski definition) is 1. The minimum Gasteiger partial charge on any atom is -0.454 e. The number of carbonyl (C=O) groups excluding carboxylic acids is 1. The van der Waals surface area contributed by atoms with Crippen molar-refractivity contribution in [3.05, 3.63) is 47.8 Å². The zero-order valence-electron chi connectivity index (χ0n) is 13.6. The third-order valence-electron chi connectivity index (χ3n) is 4.04. The number of aromatic nitrogens is 1. The van der Waals surface area contributed by atoms with E-state index in [4.69, 9.17) is 9.47 Å². The number of ether oxygens (including phenoxy) is 2. The van der Waals surface area contributed by atoms with Crippen LogP contribution in [-0.4, -0.2) is 42.8 Å². The van der Waals surface area contributed by atoms with Gasteiger partial charge in [0, 0.05) is 31.0 Å². The molecule has 6 nitrogen and oxygen atoms in total. The van der Waals surface area contributed by atoms with E-state index < -0.39 is 0 Å². The predicted octanol–water partition coefficient (Wildman–Crippen LogP) is 1.79. The van der Waals surface area contributed by atoms with Crippen LogP contribution in [0.25, 0.3) is 0 Å². The Labute approximate surface area is 135 Å². The second-order valence-electron chi connectivity index (χ2n) is 5.80. The summed E-state index contributed by atoms with van der Waals surface area (Å²) in [5.74, 6) is 1.17. The molecular weight excluding hydrogens is 294 g/mol. The molecule has 0 saturated carbocycles. The highest BCUT2D eigenvalue weighted by molar-refractivity contribution is 5.94. The Morgan fingerprint density at radius 3 is 2.78 bits per heavy atom. The number of fused-ring (bicyclic) bond motifs is 1. The van der Waals surface area contributed by atoms with Gasteiger partial charge in [0.2, 0.25) is 6.79 Å². The molecular formula is C17H21N3O3. The fourth-order valence-electron chi connectivity index (χ4n) is 2.70. The lowest BCUT2D eigenvalue weighted by Crippen LogP contribution is -2.35. The molecule has 122 valence electrons. The van der Waals surface area contributed by atoms with Crippen LogP contribution in [0, 0.1) is 0 Å². The molecule has 3 rings (SSSR count). The van der Waals surface area contributed by atoms with Gasteiger partial charge in [-0.05, 0) is 44.4 Å². The van der Waals surface area contributed by atoms with E-state index in [-0.39, 0.29) is 18.7 Å². The third-order valence-corrected chi connectivity index (χ3v) is 4.04. The number of benzene rings is 1. The average molecular weight is 315 g/mol. The van der Waals surface area contributed by atoms with E-state index in [0.29, 0.717) is 23.6 Å². The van der Waals surface area contributed by atoms with Gasteiger partial charge in [-0.15, -0.1) is 0 Å². The zero-order chi connectivity index (χ0) is 16.4. The Hall–Kier alpha value is -2.47. The molecule has 0 radical (unpaired) electrons. The SMILES string of the molecule is CN(C)[C@@H](CNC(=O)c1ccc2c(c1)OCO2)c1cccn1C. The fraction of sp³-hybridized carbons (Fsp3) is 0.353. The lowest BCUT2D eigenvalue weighted by Gasteiger charge is -2.25. The summed E-state index contributed by atoms with van der Waals surface area (Å²) in [5.41, 5.74) is 1.72. The van der Waals surface area contributed by atoms with E-state index in [9.17, 15) is 4.79 Å². The van der Waals surface area contributed by atoms with E-state index in [1.165, 1.54) is 0 Å². The number of amides is 1. The standard InChI is InChI=1S/C17H21N3O3/c1-19(2)14(13-5-4-8-20(13)3)10-18-17(21)12-6-7-15-16(9-12)23-11-22-15/h4-9,14H,10-11H2,1-3H3,(H,18,21)/t14-/m0/s1. The first-order valence-electron chi connectivity index (χ1n) is 7.52. The van der Waals surface area contributed by atoms with Crippen molar-refractivity contribution in [1.82, 2.24) is 14.8 Å². The molecule has 1 atom stereocenters. The number of carbonyl (C=O) groups is 1. The maximum absolute atomic E-state index is 12.4. The Morgan fingerprint density at radius 1 is 1.30 bits per heavy atom.